The first-order chi connectivity index (χ1) is 15.8. The van der Waals surface area contributed by atoms with E-state index >= 15 is 0 Å². The molecule has 1 aromatic heterocycles. The lowest BCUT2D eigenvalue weighted by molar-refractivity contribution is -0.132. The number of para-hydroxylation sites is 2. The number of hydrogen-bond acceptors (Lipinski definition) is 3. The molecule has 33 heavy (non-hydrogen) atoms. The highest BCUT2D eigenvalue weighted by Gasteiger charge is 2.45. The van der Waals surface area contributed by atoms with Crippen LogP contribution in [0.15, 0.2) is 54.6 Å². The molecule has 6 N–H and O–H groups in total. The van der Waals surface area contributed by atoms with Crippen LogP contribution >= 0.6 is 0 Å². The van der Waals surface area contributed by atoms with E-state index < -0.39 is 29.4 Å². The summed E-state index contributed by atoms with van der Waals surface area (Å²) < 4.78 is 0. The number of benzene rings is 2. The van der Waals surface area contributed by atoms with E-state index in [0.717, 1.165) is 22.2 Å². The number of amides is 4. The molecule has 0 spiro atoms. The Hall–Kier alpha value is -3.81. The summed E-state index contributed by atoms with van der Waals surface area (Å²) in [5.74, 6) is -1.21. The minimum absolute atomic E-state index is 0.186. The normalized spacial score (nSPS) is 18.4. The maximum Gasteiger partial charge on any atom is 0.320 e. The zero-order chi connectivity index (χ0) is 23.6. The number of nitrogens with two attached hydrogens (primary N) is 1. The fraction of sp³-hybridized carbons (Fsp3) is 0.320. The average Bonchev–Trinajstić information content (AvgIpc) is 3.15. The molecule has 4 amide bonds. The minimum Gasteiger partial charge on any atom is -0.368 e. The quantitative estimate of drug-likeness (QED) is 0.398. The van der Waals surface area contributed by atoms with Gasteiger partial charge in [0.1, 0.15) is 11.6 Å². The zero-order valence-corrected chi connectivity index (χ0v) is 18.8. The highest BCUT2D eigenvalue weighted by atomic mass is 16.2. The topological polar surface area (TPSA) is 129 Å². The molecule has 0 saturated carbocycles. The van der Waals surface area contributed by atoms with Crippen LogP contribution in [0.5, 0.6) is 0 Å². The molecule has 0 radical (unpaired) electrons. The second-order valence-corrected chi connectivity index (χ2v) is 8.93. The Morgan fingerprint density at radius 2 is 1.73 bits per heavy atom. The first kappa shape index (κ1) is 22.4. The van der Waals surface area contributed by atoms with Crippen LogP contribution < -0.4 is 21.7 Å². The van der Waals surface area contributed by atoms with Crippen molar-refractivity contribution in [2.45, 2.75) is 44.7 Å². The molecule has 1 heterocycles. The summed E-state index contributed by atoms with van der Waals surface area (Å²) in [6, 6.07) is 15.6. The van der Waals surface area contributed by atoms with Crippen LogP contribution in [-0.2, 0) is 22.4 Å². The molecule has 172 valence electrons. The highest BCUT2D eigenvalue weighted by molar-refractivity contribution is 5.99. The number of rotatable bonds is 6. The van der Waals surface area contributed by atoms with Crippen LogP contribution in [0.25, 0.3) is 10.9 Å². The molecular weight excluding hydrogens is 418 g/mol. The molecule has 2 aromatic carbocycles. The molecule has 1 aliphatic rings. The van der Waals surface area contributed by atoms with Crippen molar-refractivity contribution in [3.8, 4) is 0 Å². The van der Waals surface area contributed by atoms with Gasteiger partial charge in [-0.3, -0.25) is 9.59 Å². The first-order valence-electron chi connectivity index (χ1n) is 11.1. The van der Waals surface area contributed by atoms with Crippen molar-refractivity contribution in [3.05, 3.63) is 65.9 Å². The highest BCUT2D eigenvalue weighted by Crippen LogP contribution is 2.34. The van der Waals surface area contributed by atoms with Gasteiger partial charge in [-0.25, -0.2) is 4.79 Å². The molecule has 8 heteroatoms. The van der Waals surface area contributed by atoms with E-state index in [-0.39, 0.29) is 5.92 Å². The minimum atomic E-state index is -1.24. The molecule has 3 aromatic rings. The van der Waals surface area contributed by atoms with Crippen molar-refractivity contribution < 1.29 is 14.4 Å². The van der Waals surface area contributed by atoms with Gasteiger partial charge in [0.25, 0.3) is 0 Å². The van der Waals surface area contributed by atoms with E-state index in [2.05, 4.69) is 20.9 Å². The molecule has 0 aliphatic heterocycles. The number of nitrogens with one attached hydrogen (secondary N) is 4. The van der Waals surface area contributed by atoms with Gasteiger partial charge in [0.15, 0.2) is 0 Å². The van der Waals surface area contributed by atoms with E-state index in [1.807, 2.05) is 56.3 Å². The van der Waals surface area contributed by atoms with Crippen LogP contribution in [0, 0.1) is 5.92 Å². The predicted octanol–water partition coefficient (Wildman–Crippen LogP) is 2.84. The maximum absolute atomic E-state index is 13.6. The van der Waals surface area contributed by atoms with E-state index in [1.54, 1.807) is 12.1 Å². The lowest BCUT2D eigenvalue weighted by Crippen LogP contribution is -2.65. The lowest BCUT2D eigenvalue weighted by atomic mass is 9.78. The van der Waals surface area contributed by atoms with Crippen LogP contribution in [0.4, 0.5) is 10.5 Å². The summed E-state index contributed by atoms with van der Waals surface area (Å²) in [6.07, 6.45) is 1.25. The number of aryl methyl sites for hydroxylation is 1. The van der Waals surface area contributed by atoms with Crippen molar-refractivity contribution in [2.24, 2.45) is 11.7 Å². The van der Waals surface area contributed by atoms with E-state index in [9.17, 15) is 14.4 Å². The lowest BCUT2D eigenvalue weighted by Gasteiger charge is -2.38. The van der Waals surface area contributed by atoms with Crippen LogP contribution in [-0.4, -0.2) is 34.4 Å². The predicted molar refractivity (Wildman–Crippen MR) is 128 cm³/mol. The summed E-state index contributed by atoms with van der Waals surface area (Å²) in [4.78, 5) is 42.0. The number of carbonyl (C=O) groups is 3. The Labute approximate surface area is 192 Å². The third kappa shape index (κ3) is 4.55. The number of H-pyrrole nitrogens is 1. The molecule has 8 nitrogen and oxygen atoms in total. The second-order valence-electron chi connectivity index (χ2n) is 8.93. The molecule has 0 bridgehead atoms. The molecule has 2 atom stereocenters. The van der Waals surface area contributed by atoms with Gasteiger partial charge in [-0.2, -0.15) is 0 Å². The molecule has 1 aliphatic carbocycles. The Balaban J connectivity index is 1.67. The van der Waals surface area contributed by atoms with Gasteiger partial charge in [-0.1, -0.05) is 50.2 Å². The Kier molecular flexibility index (Phi) is 6.09. The number of aromatic nitrogens is 1. The number of hydrogen-bond donors (Lipinski definition) is 5. The molecular formula is C25H29N5O3. The van der Waals surface area contributed by atoms with Crippen molar-refractivity contribution in [3.63, 3.8) is 0 Å². The smallest absolute Gasteiger partial charge is 0.320 e. The van der Waals surface area contributed by atoms with Gasteiger partial charge >= 0.3 is 6.03 Å². The number of carbonyl (C=O) groups excluding carboxylic acids is 3. The van der Waals surface area contributed by atoms with E-state index in [1.165, 1.54) is 0 Å². The number of aromatic amines is 1. The zero-order valence-electron chi connectivity index (χ0n) is 18.8. The second kappa shape index (κ2) is 8.97. The standard InChI is InChI=1S/C25H29N5O3/c1-15(2)21(22(26)31)29-23(32)25(30-24(33)27-16-8-4-3-5-9-16)13-12-20-18(14-25)17-10-6-7-11-19(17)28-20/h3-11,15,21,28H,12-14H2,1-2H3,(H2,26,31)(H,29,32)(H2,27,30,33)/t21-,25-/m0/s1. The number of urea groups is 1. The molecule has 0 fully saturated rings. The van der Waals surface area contributed by atoms with Crippen LogP contribution in [0.3, 0.4) is 0 Å². The van der Waals surface area contributed by atoms with Crippen molar-refractivity contribution in [2.75, 3.05) is 5.32 Å². The third-order valence-corrected chi connectivity index (χ3v) is 6.26. The Bertz CT molecular complexity index is 1190. The van der Waals surface area contributed by atoms with Crippen molar-refractivity contribution in [1.29, 1.82) is 0 Å². The van der Waals surface area contributed by atoms with Gasteiger partial charge in [0, 0.05) is 28.7 Å². The fourth-order valence-electron chi connectivity index (χ4n) is 4.50. The Morgan fingerprint density at radius 1 is 1.03 bits per heavy atom. The maximum atomic E-state index is 13.6. The third-order valence-electron chi connectivity index (χ3n) is 6.26. The van der Waals surface area contributed by atoms with Gasteiger partial charge in [0.05, 0.1) is 0 Å². The van der Waals surface area contributed by atoms with E-state index in [0.29, 0.717) is 24.9 Å². The summed E-state index contributed by atoms with van der Waals surface area (Å²) in [6.45, 7) is 3.63. The largest absolute Gasteiger partial charge is 0.368 e. The van der Waals surface area contributed by atoms with Gasteiger partial charge in [-0.15, -0.1) is 0 Å². The summed E-state index contributed by atoms with van der Waals surface area (Å²) in [5.41, 5.74) is 7.96. The molecule has 0 saturated heterocycles. The SMILES string of the molecule is CC(C)[C@H](NC(=O)[C@]1(NC(=O)Nc2ccccc2)CCc2[nH]c3ccccc3c2C1)C(N)=O. The number of anilines is 1. The summed E-state index contributed by atoms with van der Waals surface area (Å²) >= 11 is 0. The first-order valence-corrected chi connectivity index (χ1v) is 11.1. The van der Waals surface area contributed by atoms with E-state index in [4.69, 9.17) is 5.73 Å². The van der Waals surface area contributed by atoms with Gasteiger partial charge < -0.3 is 26.7 Å². The van der Waals surface area contributed by atoms with Crippen molar-refractivity contribution in [1.82, 2.24) is 15.6 Å². The monoisotopic (exact) mass is 447 g/mol. The average molecular weight is 448 g/mol. The molecule has 0 unspecified atom stereocenters. The summed E-state index contributed by atoms with van der Waals surface area (Å²) in [5, 5.41) is 9.54. The summed E-state index contributed by atoms with van der Waals surface area (Å²) in [7, 11) is 0. The number of primary amides is 1. The number of fused-ring (bicyclic) bond motifs is 3. The Morgan fingerprint density at radius 3 is 2.42 bits per heavy atom. The fourth-order valence-corrected chi connectivity index (χ4v) is 4.50. The van der Waals surface area contributed by atoms with Crippen LogP contribution in [0.2, 0.25) is 0 Å². The van der Waals surface area contributed by atoms with Crippen LogP contribution in [0.1, 0.15) is 31.5 Å². The molecule has 4 rings (SSSR count). The van der Waals surface area contributed by atoms with Gasteiger partial charge in [-0.05, 0) is 42.5 Å². The van der Waals surface area contributed by atoms with Crippen molar-refractivity contribution >= 4 is 34.4 Å². The van der Waals surface area contributed by atoms with Gasteiger partial charge in [0.2, 0.25) is 11.8 Å².